The van der Waals surface area contributed by atoms with Gasteiger partial charge in [0.25, 0.3) is 0 Å². The fourth-order valence-corrected chi connectivity index (χ4v) is 2.90. The van der Waals surface area contributed by atoms with E-state index in [0.717, 1.165) is 17.8 Å². The quantitative estimate of drug-likeness (QED) is 0.885. The van der Waals surface area contributed by atoms with Gasteiger partial charge in [-0.15, -0.1) is 0 Å². The van der Waals surface area contributed by atoms with E-state index in [1.165, 1.54) is 36.8 Å². The van der Waals surface area contributed by atoms with Crippen LogP contribution in [0, 0.1) is 0 Å². The van der Waals surface area contributed by atoms with E-state index in [0.29, 0.717) is 18.7 Å². The highest BCUT2D eigenvalue weighted by Crippen LogP contribution is 2.29. The van der Waals surface area contributed by atoms with Crippen molar-refractivity contribution in [3.05, 3.63) is 30.5 Å². The van der Waals surface area contributed by atoms with Gasteiger partial charge in [0.05, 0.1) is 0 Å². The van der Waals surface area contributed by atoms with Gasteiger partial charge in [0.2, 0.25) is 5.88 Å². The molecule has 21 heavy (non-hydrogen) atoms. The Bertz CT molecular complexity index is 633. The Morgan fingerprint density at radius 2 is 2.19 bits per heavy atom. The molecule has 0 spiro atoms. The van der Waals surface area contributed by atoms with Crippen LogP contribution in [0.3, 0.4) is 0 Å². The Labute approximate surface area is 124 Å². The second-order valence-corrected chi connectivity index (χ2v) is 6.07. The highest BCUT2D eigenvalue weighted by molar-refractivity contribution is 5.89. The Balaban J connectivity index is 1.53. The van der Waals surface area contributed by atoms with Gasteiger partial charge in [-0.3, -0.25) is 0 Å². The van der Waals surface area contributed by atoms with E-state index >= 15 is 0 Å². The van der Waals surface area contributed by atoms with E-state index in [-0.39, 0.29) is 0 Å². The summed E-state index contributed by atoms with van der Waals surface area (Å²) in [5.74, 6) is 0.749. The first-order chi connectivity index (χ1) is 10.4. The Hall–Kier alpha value is -1.81. The van der Waals surface area contributed by atoms with Gasteiger partial charge >= 0.3 is 0 Å². The molecule has 0 radical (unpaired) electrons. The van der Waals surface area contributed by atoms with Crippen molar-refractivity contribution in [3.63, 3.8) is 0 Å². The molecule has 1 saturated heterocycles. The molecule has 2 fully saturated rings. The zero-order valence-corrected chi connectivity index (χ0v) is 12.1. The Kier molecular flexibility index (Phi) is 3.39. The number of rotatable bonds is 5. The number of pyridine rings is 1. The lowest BCUT2D eigenvalue weighted by molar-refractivity contribution is 0.271. The maximum absolute atomic E-state index is 5.94. The van der Waals surface area contributed by atoms with E-state index in [1.807, 2.05) is 12.3 Å². The van der Waals surface area contributed by atoms with Crippen LogP contribution in [0.1, 0.15) is 25.7 Å². The van der Waals surface area contributed by atoms with Crippen molar-refractivity contribution in [1.29, 1.82) is 0 Å². The minimum atomic E-state index is 0.470. The van der Waals surface area contributed by atoms with Crippen molar-refractivity contribution < 1.29 is 4.74 Å². The van der Waals surface area contributed by atoms with E-state index in [1.54, 1.807) is 0 Å². The molecular formula is C17H21N3O. The van der Waals surface area contributed by atoms with Crippen LogP contribution in [0.15, 0.2) is 30.5 Å². The molecule has 110 valence electrons. The molecule has 2 aromatic rings. The van der Waals surface area contributed by atoms with Crippen molar-refractivity contribution in [2.45, 2.75) is 37.8 Å². The van der Waals surface area contributed by atoms with Crippen LogP contribution >= 0.6 is 0 Å². The second kappa shape index (κ2) is 5.53. The molecule has 1 aromatic carbocycles. The van der Waals surface area contributed by atoms with Gasteiger partial charge in [-0.25, -0.2) is 4.98 Å². The molecule has 1 saturated carbocycles. The summed E-state index contributed by atoms with van der Waals surface area (Å²) < 4.78 is 5.94. The lowest BCUT2D eigenvalue weighted by Crippen LogP contribution is -2.28. The van der Waals surface area contributed by atoms with Crippen molar-refractivity contribution >= 4 is 16.5 Å². The van der Waals surface area contributed by atoms with Gasteiger partial charge in [-0.2, -0.15) is 0 Å². The highest BCUT2D eigenvalue weighted by atomic mass is 16.5. The fraction of sp³-hybridized carbons (Fsp3) is 0.471. The summed E-state index contributed by atoms with van der Waals surface area (Å²) in [4.78, 5) is 4.40. The lowest BCUT2D eigenvalue weighted by atomic mass is 10.1. The number of aromatic nitrogens is 1. The molecule has 0 amide bonds. The Morgan fingerprint density at radius 1 is 1.24 bits per heavy atom. The number of benzene rings is 1. The van der Waals surface area contributed by atoms with Gasteiger partial charge in [0, 0.05) is 29.4 Å². The minimum Gasteiger partial charge on any atom is -0.476 e. The maximum Gasteiger partial charge on any atom is 0.221 e. The minimum absolute atomic E-state index is 0.470. The summed E-state index contributed by atoms with van der Waals surface area (Å²) in [6, 6.07) is 9.63. The first-order valence-corrected chi connectivity index (χ1v) is 7.90. The van der Waals surface area contributed by atoms with Gasteiger partial charge < -0.3 is 15.4 Å². The van der Waals surface area contributed by atoms with Crippen LogP contribution in [0.5, 0.6) is 5.88 Å². The molecule has 2 N–H and O–H groups in total. The third kappa shape index (κ3) is 2.95. The van der Waals surface area contributed by atoms with Crippen LogP contribution in [0.4, 0.5) is 5.69 Å². The number of anilines is 1. The SMILES string of the molecule is c1cc2cc(NC3CC3)ccc2c(OCC2CCCN2)n1. The monoisotopic (exact) mass is 283 g/mol. The smallest absolute Gasteiger partial charge is 0.221 e. The lowest BCUT2D eigenvalue weighted by Gasteiger charge is -2.13. The normalized spacial score (nSPS) is 21.6. The van der Waals surface area contributed by atoms with Gasteiger partial charge in [-0.1, -0.05) is 0 Å². The molecule has 0 bridgehead atoms. The number of nitrogens with one attached hydrogen (secondary N) is 2. The van der Waals surface area contributed by atoms with Crippen molar-refractivity contribution in [1.82, 2.24) is 10.3 Å². The van der Waals surface area contributed by atoms with E-state index in [9.17, 15) is 0 Å². The standard InChI is InChI=1S/C17H21N3O/c1-2-15(18-8-1)11-21-17-16-6-5-14(20-13-3-4-13)10-12(16)7-9-19-17/h5-7,9-10,13,15,18,20H,1-4,8,11H2. The average molecular weight is 283 g/mol. The summed E-state index contributed by atoms with van der Waals surface area (Å²) in [6.07, 6.45) is 6.85. The summed E-state index contributed by atoms with van der Waals surface area (Å²) >= 11 is 0. The fourth-order valence-electron chi connectivity index (χ4n) is 2.90. The van der Waals surface area contributed by atoms with Crippen molar-refractivity contribution in [2.24, 2.45) is 0 Å². The molecule has 1 unspecified atom stereocenters. The highest BCUT2D eigenvalue weighted by Gasteiger charge is 2.21. The van der Waals surface area contributed by atoms with Crippen LogP contribution in [-0.2, 0) is 0 Å². The third-order valence-electron chi connectivity index (χ3n) is 4.26. The van der Waals surface area contributed by atoms with E-state index in [2.05, 4.69) is 33.8 Å². The predicted molar refractivity (Wildman–Crippen MR) is 84.9 cm³/mol. The number of hydrogen-bond acceptors (Lipinski definition) is 4. The number of nitrogens with zero attached hydrogens (tertiary/aromatic N) is 1. The molecule has 1 aliphatic heterocycles. The van der Waals surface area contributed by atoms with Crippen molar-refractivity contribution in [2.75, 3.05) is 18.5 Å². The van der Waals surface area contributed by atoms with E-state index < -0.39 is 0 Å². The van der Waals surface area contributed by atoms with Gasteiger partial charge in [-0.05, 0) is 61.9 Å². The molecule has 2 aliphatic rings. The van der Waals surface area contributed by atoms with E-state index in [4.69, 9.17) is 4.74 Å². The van der Waals surface area contributed by atoms with Crippen LogP contribution in [0.2, 0.25) is 0 Å². The van der Waals surface area contributed by atoms with Crippen LogP contribution in [0.25, 0.3) is 10.8 Å². The summed E-state index contributed by atoms with van der Waals surface area (Å²) in [5.41, 5.74) is 1.19. The zero-order valence-electron chi connectivity index (χ0n) is 12.1. The summed E-state index contributed by atoms with van der Waals surface area (Å²) in [7, 11) is 0. The topological polar surface area (TPSA) is 46.2 Å². The molecule has 1 aliphatic carbocycles. The number of hydrogen-bond donors (Lipinski definition) is 2. The molecule has 2 heterocycles. The number of fused-ring (bicyclic) bond motifs is 1. The number of ether oxygens (including phenoxy) is 1. The van der Waals surface area contributed by atoms with Crippen LogP contribution < -0.4 is 15.4 Å². The maximum atomic E-state index is 5.94. The largest absolute Gasteiger partial charge is 0.476 e. The Morgan fingerprint density at radius 3 is 3.00 bits per heavy atom. The van der Waals surface area contributed by atoms with Gasteiger partial charge in [0.1, 0.15) is 6.61 Å². The molecular weight excluding hydrogens is 262 g/mol. The summed E-state index contributed by atoms with van der Waals surface area (Å²) in [6.45, 7) is 1.81. The predicted octanol–water partition coefficient (Wildman–Crippen LogP) is 2.94. The van der Waals surface area contributed by atoms with Gasteiger partial charge in [0.15, 0.2) is 0 Å². The second-order valence-electron chi connectivity index (χ2n) is 6.07. The van der Waals surface area contributed by atoms with Crippen LogP contribution in [-0.4, -0.2) is 30.2 Å². The molecule has 1 atom stereocenters. The molecule has 4 heteroatoms. The first kappa shape index (κ1) is 12.9. The van der Waals surface area contributed by atoms with Crippen molar-refractivity contribution in [3.8, 4) is 5.88 Å². The first-order valence-electron chi connectivity index (χ1n) is 7.90. The summed E-state index contributed by atoms with van der Waals surface area (Å²) in [5, 5.41) is 9.26. The third-order valence-corrected chi connectivity index (χ3v) is 4.26. The molecule has 1 aromatic heterocycles. The molecule has 4 nitrogen and oxygen atoms in total. The molecule has 4 rings (SSSR count). The zero-order chi connectivity index (χ0) is 14.1. The average Bonchev–Trinajstić information content (AvgIpc) is 3.16.